The van der Waals surface area contributed by atoms with Crippen LogP contribution in [0.2, 0.25) is 0 Å². The molecule has 3 nitrogen and oxygen atoms in total. The molecule has 0 aliphatic carbocycles. The predicted molar refractivity (Wildman–Crippen MR) is 74.6 cm³/mol. The summed E-state index contributed by atoms with van der Waals surface area (Å²) in [4.78, 5) is 7.74. The molecule has 2 rings (SSSR count). The van der Waals surface area contributed by atoms with Gasteiger partial charge in [-0.25, -0.2) is 4.98 Å². The van der Waals surface area contributed by atoms with Crippen LogP contribution in [0.5, 0.6) is 0 Å². The normalized spacial score (nSPS) is 10.3. The number of nitrogens with zero attached hydrogens (tertiary/aromatic N) is 3. The van der Waals surface area contributed by atoms with E-state index in [0.717, 1.165) is 12.2 Å². The van der Waals surface area contributed by atoms with Crippen molar-refractivity contribution in [2.75, 3.05) is 4.90 Å². The summed E-state index contributed by atoms with van der Waals surface area (Å²) in [5, 5.41) is 10.8. The van der Waals surface area contributed by atoms with Crippen LogP contribution in [0.1, 0.15) is 24.4 Å². The molecule has 92 valence electrons. The molecule has 0 N–H and O–H groups in total. The molecule has 18 heavy (non-hydrogen) atoms. The molecule has 0 aromatic carbocycles. The standard InChI is InChI=1S/C14H15N3S/c1-11(2)17(10-14-4-3-7-18-14)13-6-5-12(8-15)16-9-13/h3-7,9,11H,10H2,1-2H3. The van der Waals surface area contributed by atoms with E-state index in [4.69, 9.17) is 5.26 Å². The van der Waals surface area contributed by atoms with Crippen molar-refractivity contribution in [2.24, 2.45) is 0 Å². The number of anilines is 1. The van der Waals surface area contributed by atoms with Crippen molar-refractivity contribution in [3.8, 4) is 6.07 Å². The van der Waals surface area contributed by atoms with Gasteiger partial charge in [0.2, 0.25) is 0 Å². The van der Waals surface area contributed by atoms with Gasteiger partial charge in [-0.05, 0) is 37.4 Å². The lowest BCUT2D eigenvalue weighted by Crippen LogP contribution is -2.29. The van der Waals surface area contributed by atoms with Crippen LogP contribution >= 0.6 is 11.3 Å². The minimum Gasteiger partial charge on any atom is -0.363 e. The highest BCUT2D eigenvalue weighted by atomic mass is 32.1. The molecule has 0 fully saturated rings. The van der Waals surface area contributed by atoms with Crippen LogP contribution in [0.3, 0.4) is 0 Å². The van der Waals surface area contributed by atoms with E-state index >= 15 is 0 Å². The Morgan fingerprint density at radius 1 is 1.39 bits per heavy atom. The van der Waals surface area contributed by atoms with E-state index in [1.54, 1.807) is 23.6 Å². The second-order valence-corrected chi connectivity index (χ2v) is 5.35. The second kappa shape index (κ2) is 5.65. The Hall–Kier alpha value is -1.86. The Morgan fingerprint density at radius 3 is 2.72 bits per heavy atom. The van der Waals surface area contributed by atoms with E-state index in [1.807, 2.05) is 12.1 Å². The fourth-order valence-corrected chi connectivity index (χ4v) is 2.47. The van der Waals surface area contributed by atoms with Crippen molar-refractivity contribution in [3.63, 3.8) is 0 Å². The maximum atomic E-state index is 8.76. The summed E-state index contributed by atoms with van der Waals surface area (Å²) in [6.45, 7) is 5.19. The average molecular weight is 257 g/mol. The number of nitriles is 1. The number of hydrogen-bond donors (Lipinski definition) is 0. The highest BCUT2D eigenvalue weighted by Gasteiger charge is 2.12. The van der Waals surface area contributed by atoms with Crippen molar-refractivity contribution in [2.45, 2.75) is 26.4 Å². The van der Waals surface area contributed by atoms with Crippen LogP contribution in [-0.4, -0.2) is 11.0 Å². The van der Waals surface area contributed by atoms with Gasteiger partial charge in [0.1, 0.15) is 11.8 Å². The van der Waals surface area contributed by atoms with Crippen molar-refractivity contribution in [3.05, 3.63) is 46.4 Å². The summed E-state index contributed by atoms with van der Waals surface area (Å²) in [7, 11) is 0. The Labute approximate surface area is 111 Å². The van der Waals surface area contributed by atoms with Crippen molar-refractivity contribution < 1.29 is 0 Å². The third-order valence-electron chi connectivity index (χ3n) is 2.72. The molecule has 0 aliphatic rings. The molecule has 4 heteroatoms. The first kappa shape index (κ1) is 12.6. The van der Waals surface area contributed by atoms with Crippen LogP contribution < -0.4 is 4.90 Å². The predicted octanol–water partition coefficient (Wildman–Crippen LogP) is 3.43. The molecule has 0 unspecified atom stereocenters. The monoisotopic (exact) mass is 257 g/mol. The molecule has 0 bridgehead atoms. The highest BCUT2D eigenvalue weighted by molar-refractivity contribution is 7.09. The molecule has 2 heterocycles. The minimum atomic E-state index is 0.391. The lowest BCUT2D eigenvalue weighted by Gasteiger charge is -2.28. The molecule has 0 saturated carbocycles. The maximum Gasteiger partial charge on any atom is 0.140 e. The summed E-state index contributed by atoms with van der Waals surface area (Å²) in [6, 6.07) is 10.4. The molecule has 0 atom stereocenters. The van der Waals surface area contributed by atoms with E-state index in [9.17, 15) is 0 Å². The third kappa shape index (κ3) is 2.88. The van der Waals surface area contributed by atoms with Gasteiger partial charge in [0.25, 0.3) is 0 Å². The van der Waals surface area contributed by atoms with E-state index in [0.29, 0.717) is 11.7 Å². The SMILES string of the molecule is CC(C)N(Cc1cccs1)c1ccc(C#N)nc1. The van der Waals surface area contributed by atoms with Gasteiger partial charge in [0.15, 0.2) is 0 Å². The first-order valence-electron chi connectivity index (χ1n) is 5.86. The summed E-state index contributed by atoms with van der Waals surface area (Å²) in [5.74, 6) is 0. The van der Waals surface area contributed by atoms with E-state index < -0.39 is 0 Å². The molecule has 0 amide bonds. The number of hydrogen-bond acceptors (Lipinski definition) is 4. The number of rotatable bonds is 4. The van der Waals surface area contributed by atoms with Gasteiger partial charge in [-0.2, -0.15) is 5.26 Å². The van der Waals surface area contributed by atoms with Crippen LogP contribution in [0.25, 0.3) is 0 Å². The Kier molecular flexibility index (Phi) is 3.96. The van der Waals surface area contributed by atoms with Crippen molar-refractivity contribution in [1.82, 2.24) is 4.98 Å². The number of thiophene rings is 1. The summed E-state index contributed by atoms with van der Waals surface area (Å²) in [6.07, 6.45) is 1.77. The molecule has 2 aromatic rings. The quantitative estimate of drug-likeness (QED) is 0.842. The lowest BCUT2D eigenvalue weighted by atomic mass is 10.2. The zero-order chi connectivity index (χ0) is 13.0. The number of aromatic nitrogens is 1. The van der Waals surface area contributed by atoms with Crippen LogP contribution in [0.15, 0.2) is 35.8 Å². The highest BCUT2D eigenvalue weighted by Crippen LogP contribution is 2.21. The smallest absolute Gasteiger partial charge is 0.140 e. The van der Waals surface area contributed by atoms with Crippen LogP contribution in [-0.2, 0) is 6.54 Å². The van der Waals surface area contributed by atoms with Gasteiger partial charge in [0.05, 0.1) is 18.4 Å². The van der Waals surface area contributed by atoms with Gasteiger partial charge in [-0.15, -0.1) is 11.3 Å². The minimum absolute atomic E-state index is 0.391. The lowest BCUT2D eigenvalue weighted by molar-refractivity contribution is 0.685. The van der Waals surface area contributed by atoms with E-state index in [2.05, 4.69) is 41.2 Å². The molecule has 2 aromatic heterocycles. The second-order valence-electron chi connectivity index (χ2n) is 4.31. The van der Waals surface area contributed by atoms with Crippen LogP contribution in [0, 0.1) is 11.3 Å². The summed E-state index contributed by atoms with van der Waals surface area (Å²) in [5.41, 5.74) is 1.51. The molecule has 0 radical (unpaired) electrons. The van der Waals surface area contributed by atoms with Gasteiger partial charge in [-0.1, -0.05) is 6.07 Å². The first-order valence-corrected chi connectivity index (χ1v) is 6.74. The summed E-state index contributed by atoms with van der Waals surface area (Å²) >= 11 is 1.76. The fourth-order valence-electron chi connectivity index (χ4n) is 1.76. The van der Waals surface area contributed by atoms with Gasteiger partial charge >= 0.3 is 0 Å². The molecule has 0 aliphatic heterocycles. The van der Waals surface area contributed by atoms with E-state index in [1.165, 1.54) is 4.88 Å². The maximum absolute atomic E-state index is 8.76. The van der Waals surface area contributed by atoms with Crippen LogP contribution in [0.4, 0.5) is 5.69 Å². The Morgan fingerprint density at radius 2 is 2.22 bits per heavy atom. The van der Waals surface area contributed by atoms with Gasteiger partial charge in [0, 0.05) is 10.9 Å². The Balaban J connectivity index is 2.21. The fraction of sp³-hybridized carbons (Fsp3) is 0.286. The topological polar surface area (TPSA) is 39.9 Å². The van der Waals surface area contributed by atoms with Crippen molar-refractivity contribution in [1.29, 1.82) is 5.26 Å². The van der Waals surface area contributed by atoms with Gasteiger partial charge in [-0.3, -0.25) is 0 Å². The molecule has 0 spiro atoms. The zero-order valence-electron chi connectivity index (χ0n) is 10.5. The Bertz CT molecular complexity index is 523. The van der Waals surface area contributed by atoms with E-state index in [-0.39, 0.29) is 0 Å². The van der Waals surface area contributed by atoms with Crippen molar-refractivity contribution >= 4 is 17.0 Å². The molecule has 0 saturated heterocycles. The number of pyridine rings is 1. The zero-order valence-corrected chi connectivity index (χ0v) is 11.3. The molecular formula is C14H15N3S. The summed E-state index contributed by atoms with van der Waals surface area (Å²) < 4.78 is 0. The first-order chi connectivity index (χ1) is 8.70. The third-order valence-corrected chi connectivity index (χ3v) is 3.58. The average Bonchev–Trinajstić information content (AvgIpc) is 2.89. The van der Waals surface area contributed by atoms with Gasteiger partial charge < -0.3 is 4.90 Å². The molecular weight excluding hydrogens is 242 g/mol. The largest absolute Gasteiger partial charge is 0.363 e.